The van der Waals surface area contributed by atoms with Gasteiger partial charge in [0.2, 0.25) is 0 Å². The van der Waals surface area contributed by atoms with Gasteiger partial charge in [0, 0.05) is 40.1 Å². The van der Waals surface area contributed by atoms with Crippen molar-refractivity contribution in [3.63, 3.8) is 0 Å². The molecule has 23 heavy (non-hydrogen) atoms. The van der Waals surface area contributed by atoms with Gasteiger partial charge in [0.05, 0.1) is 11.2 Å². The molecule has 0 saturated carbocycles. The lowest BCUT2D eigenvalue weighted by Gasteiger charge is -2.22. The summed E-state index contributed by atoms with van der Waals surface area (Å²) in [6.45, 7) is 0. The van der Waals surface area contributed by atoms with Gasteiger partial charge in [-0.25, -0.2) is 0 Å². The van der Waals surface area contributed by atoms with E-state index in [0.29, 0.717) is 0 Å². The number of hydrogen-bond donors (Lipinski definition) is 3. The molecule has 0 amide bonds. The Morgan fingerprint density at radius 3 is 2.91 bits per heavy atom. The van der Waals surface area contributed by atoms with Crippen molar-refractivity contribution in [2.75, 3.05) is 10.0 Å². The molecule has 1 aliphatic rings. The molecule has 0 bridgehead atoms. The highest BCUT2D eigenvalue weighted by atomic mass is 32.2. The van der Waals surface area contributed by atoms with Crippen molar-refractivity contribution >= 4 is 40.4 Å². The molecule has 4 nitrogen and oxygen atoms in total. The number of benzene rings is 2. The highest BCUT2D eigenvalue weighted by molar-refractivity contribution is 8.00. The van der Waals surface area contributed by atoms with Gasteiger partial charge in [0.25, 0.3) is 0 Å². The first-order chi connectivity index (χ1) is 11.4. The van der Waals surface area contributed by atoms with Gasteiger partial charge < -0.3 is 15.4 Å². The van der Waals surface area contributed by atoms with Crippen LogP contribution in [0.4, 0.5) is 11.4 Å². The first kappa shape index (κ1) is 13.8. The standard InChI is InChI=1S/C18H14N4S/c19-9-3-10-20-15-8-11-21-17-14(15)7-6-13-12-4-1-2-5-16(12)23-22-18(13)17/h1-11,19,22H,(H,20,21)/b10-3-,19-9?. The molecule has 2 heterocycles. The highest BCUT2D eigenvalue weighted by Gasteiger charge is 2.19. The lowest BCUT2D eigenvalue weighted by molar-refractivity contribution is 1.38. The molecule has 0 atom stereocenters. The van der Waals surface area contributed by atoms with Crippen LogP contribution in [-0.2, 0) is 0 Å². The average Bonchev–Trinajstić information content (AvgIpc) is 2.61. The van der Waals surface area contributed by atoms with Crippen molar-refractivity contribution in [1.82, 2.24) is 4.98 Å². The molecule has 0 aliphatic carbocycles. The van der Waals surface area contributed by atoms with Gasteiger partial charge in [-0.15, -0.1) is 0 Å². The van der Waals surface area contributed by atoms with Crippen molar-refractivity contribution in [2.45, 2.75) is 4.90 Å². The van der Waals surface area contributed by atoms with E-state index in [-0.39, 0.29) is 0 Å². The van der Waals surface area contributed by atoms with Crippen LogP contribution in [0.3, 0.4) is 0 Å². The Bertz CT molecular complexity index is 933. The molecule has 0 unspecified atom stereocenters. The first-order valence-electron chi connectivity index (χ1n) is 7.24. The van der Waals surface area contributed by atoms with Crippen molar-refractivity contribution in [2.24, 2.45) is 0 Å². The summed E-state index contributed by atoms with van der Waals surface area (Å²) in [5.74, 6) is 0. The van der Waals surface area contributed by atoms with E-state index in [1.807, 2.05) is 6.07 Å². The molecule has 0 saturated heterocycles. The minimum Gasteiger partial charge on any atom is -0.361 e. The Morgan fingerprint density at radius 2 is 2.00 bits per heavy atom. The SMILES string of the molecule is N=C/C=C\Nc1ccnc2c3c(ccc12)-c1ccccc1SN3. The molecule has 1 aliphatic heterocycles. The summed E-state index contributed by atoms with van der Waals surface area (Å²) in [6.07, 6.45) is 6.44. The smallest absolute Gasteiger partial charge is 0.0969 e. The van der Waals surface area contributed by atoms with Crippen LogP contribution < -0.4 is 10.0 Å². The normalized spacial score (nSPS) is 12.5. The zero-order chi connectivity index (χ0) is 15.6. The van der Waals surface area contributed by atoms with Gasteiger partial charge in [-0.3, -0.25) is 4.98 Å². The molecule has 2 aromatic carbocycles. The molecule has 4 rings (SSSR count). The van der Waals surface area contributed by atoms with Gasteiger partial charge in [-0.1, -0.05) is 24.3 Å². The number of aromatic nitrogens is 1. The van der Waals surface area contributed by atoms with Crippen LogP contribution in [0.2, 0.25) is 0 Å². The Labute approximate surface area is 138 Å². The van der Waals surface area contributed by atoms with Gasteiger partial charge in [-0.05, 0) is 41.8 Å². The fraction of sp³-hybridized carbons (Fsp3) is 0. The third-order valence-corrected chi connectivity index (χ3v) is 4.67. The Balaban J connectivity index is 1.89. The second-order valence-electron chi connectivity index (χ2n) is 5.11. The van der Waals surface area contributed by atoms with E-state index in [0.717, 1.165) is 22.3 Å². The molecule has 0 fully saturated rings. The third kappa shape index (κ3) is 2.35. The van der Waals surface area contributed by atoms with Crippen molar-refractivity contribution < 1.29 is 0 Å². The second-order valence-corrected chi connectivity index (χ2v) is 5.96. The predicted octanol–water partition coefficient (Wildman–Crippen LogP) is 4.91. The minimum absolute atomic E-state index is 0.942. The van der Waals surface area contributed by atoms with E-state index in [1.54, 1.807) is 30.4 Å². The Hall–Kier alpha value is -2.79. The van der Waals surface area contributed by atoms with Gasteiger partial charge in [-0.2, -0.15) is 0 Å². The first-order valence-corrected chi connectivity index (χ1v) is 8.06. The van der Waals surface area contributed by atoms with E-state index >= 15 is 0 Å². The molecular formula is C18H14N4S. The molecule has 3 N–H and O–H groups in total. The van der Waals surface area contributed by atoms with Crippen LogP contribution in [0.5, 0.6) is 0 Å². The van der Waals surface area contributed by atoms with Crippen molar-refractivity contribution in [3.8, 4) is 11.1 Å². The number of fused-ring (bicyclic) bond motifs is 5. The summed E-state index contributed by atoms with van der Waals surface area (Å²) < 4.78 is 3.43. The number of allylic oxidation sites excluding steroid dienone is 1. The summed E-state index contributed by atoms with van der Waals surface area (Å²) in [5, 5.41) is 11.3. The monoisotopic (exact) mass is 318 g/mol. The van der Waals surface area contributed by atoms with E-state index in [1.165, 1.54) is 22.2 Å². The summed E-state index contributed by atoms with van der Waals surface area (Å²) in [5.41, 5.74) is 5.37. The van der Waals surface area contributed by atoms with E-state index in [2.05, 4.69) is 51.4 Å². The predicted molar refractivity (Wildman–Crippen MR) is 98.2 cm³/mol. The quantitative estimate of drug-likeness (QED) is 0.474. The number of anilines is 2. The summed E-state index contributed by atoms with van der Waals surface area (Å²) >= 11 is 1.62. The molecule has 5 heteroatoms. The maximum absolute atomic E-state index is 7.05. The topological polar surface area (TPSA) is 60.8 Å². The lowest BCUT2D eigenvalue weighted by Crippen LogP contribution is -2.01. The van der Waals surface area contributed by atoms with Crippen LogP contribution in [0, 0.1) is 5.41 Å². The lowest BCUT2D eigenvalue weighted by atomic mass is 10.0. The number of rotatable bonds is 3. The highest BCUT2D eigenvalue weighted by Crippen LogP contribution is 2.45. The zero-order valence-electron chi connectivity index (χ0n) is 12.2. The Kier molecular flexibility index (Phi) is 3.48. The van der Waals surface area contributed by atoms with E-state index < -0.39 is 0 Å². The number of hydrogen-bond acceptors (Lipinski definition) is 5. The van der Waals surface area contributed by atoms with E-state index in [9.17, 15) is 0 Å². The maximum Gasteiger partial charge on any atom is 0.0969 e. The summed E-state index contributed by atoms with van der Waals surface area (Å²) in [7, 11) is 0. The van der Waals surface area contributed by atoms with Gasteiger partial charge in [0.15, 0.2) is 0 Å². The van der Waals surface area contributed by atoms with Crippen molar-refractivity contribution in [1.29, 1.82) is 5.41 Å². The summed E-state index contributed by atoms with van der Waals surface area (Å²) in [6, 6.07) is 14.5. The molecule has 3 aromatic rings. The van der Waals surface area contributed by atoms with Crippen LogP contribution in [0.15, 0.2) is 65.8 Å². The molecule has 112 valence electrons. The summed E-state index contributed by atoms with van der Waals surface area (Å²) in [4.78, 5) is 5.80. The molecular weight excluding hydrogens is 304 g/mol. The molecule has 0 radical (unpaired) electrons. The minimum atomic E-state index is 0.942. The fourth-order valence-electron chi connectivity index (χ4n) is 2.74. The fourth-order valence-corrected chi connectivity index (χ4v) is 3.60. The number of pyridine rings is 1. The van der Waals surface area contributed by atoms with Crippen LogP contribution >= 0.6 is 11.9 Å². The zero-order valence-corrected chi connectivity index (χ0v) is 13.0. The number of nitrogens with one attached hydrogen (secondary N) is 3. The van der Waals surface area contributed by atoms with Crippen molar-refractivity contribution in [3.05, 3.63) is 60.9 Å². The third-order valence-electron chi connectivity index (χ3n) is 3.78. The maximum atomic E-state index is 7.05. The van der Waals surface area contributed by atoms with Gasteiger partial charge >= 0.3 is 0 Å². The number of nitrogens with zero attached hydrogens (tertiary/aromatic N) is 1. The second kappa shape index (κ2) is 5.78. The van der Waals surface area contributed by atoms with Crippen LogP contribution in [0.25, 0.3) is 22.0 Å². The molecule has 0 spiro atoms. The largest absolute Gasteiger partial charge is 0.361 e. The van der Waals surface area contributed by atoms with Crippen LogP contribution in [0.1, 0.15) is 0 Å². The van der Waals surface area contributed by atoms with Crippen LogP contribution in [-0.4, -0.2) is 11.2 Å². The van der Waals surface area contributed by atoms with Gasteiger partial charge in [0.1, 0.15) is 0 Å². The van der Waals surface area contributed by atoms with E-state index in [4.69, 9.17) is 5.41 Å². The molecule has 1 aromatic heterocycles. The Morgan fingerprint density at radius 1 is 1.09 bits per heavy atom. The average molecular weight is 318 g/mol.